The first kappa shape index (κ1) is 29.0. The molecule has 0 bridgehead atoms. The average molecular weight is 591 g/mol. The summed E-state index contributed by atoms with van der Waals surface area (Å²) in [7, 11) is 0. The van der Waals surface area contributed by atoms with Crippen molar-refractivity contribution in [1.29, 1.82) is 0 Å². The van der Waals surface area contributed by atoms with E-state index in [1.807, 2.05) is 45.0 Å². The minimum absolute atomic E-state index is 0.0530. The highest BCUT2D eigenvalue weighted by atomic mass is 35.5. The summed E-state index contributed by atoms with van der Waals surface area (Å²) in [5.74, 6) is 0.849. The Morgan fingerprint density at radius 2 is 1.90 bits per heavy atom. The quantitative estimate of drug-likeness (QED) is 0.180. The molecule has 41 heavy (non-hydrogen) atoms. The van der Waals surface area contributed by atoms with Gasteiger partial charge in [-0.2, -0.15) is 0 Å². The number of amides is 1. The number of halogens is 2. The number of carbonyl (C=O) groups is 1. The van der Waals surface area contributed by atoms with Crippen LogP contribution in [-0.4, -0.2) is 45.4 Å². The topological polar surface area (TPSA) is 62.6 Å². The van der Waals surface area contributed by atoms with E-state index in [1.54, 1.807) is 22.7 Å². The Kier molecular flexibility index (Phi) is 8.58. The number of aromatic amines is 1. The highest BCUT2D eigenvalue weighted by Gasteiger charge is 2.31. The first-order chi connectivity index (χ1) is 19.6. The Labute approximate surface area is 249 Å². The van der Waals surface area contributed by atoms with Crippen molar-refractivity contribution in [2.45, 2.75) is 50.3 Å². The molecule has 0 spiro atoms. The zero-order valence-electron chi connectivity index (χ0n) is 23.3. The third-order valence-electron chi connectivity index (χ3n) is 7.31. The van der Waals surface area contributed by atoms with E-state index in [0.717, 1.165) is 29.7 Å². The predicted molar refractivity (Wildman–Crippen MR) is 163 cm³/mol. The number of piperidine rings is 1. The lowest BCUT2D eigenvalue weighted by Gasteiger charge is -2.37. The predicted octanol–water partition coefficient (Wildman–Crippen LogP) is 9.10. The van der Waals surface area contributed by atoms with E-state index < -0.39 is 11.4 Å². The summed E-state index contributed by atoms with van der Waals surface area (Å²) in [5, 5.41) is 0.766. The van der Waals surface area contributed by atoms with Gasteiger partial charge in [0.2, 0.25) is 0 Å². The number of fused-ring (bicyclic) bond motifs is 1. The molecule has 0 saturated carbocycles. The van der Waals surface area contributed by atoms with E-state index in [4.69, 9.17) is 22.9 Å². The van der Waals surface area contributed by atoms with Crippen LogP contribution in [0.1, 0.15) is 45.1 Å². The van der Waals surface area contributed by atoms with Crippen LogP contribution in [0.2, 0.25) is 5.02 Å². The summed E-state index contributed by atoms with van der Waals surface area (Å²) in [5.41, 5.74) is 4.61. The molecule has 1 amide bonds. The number of nitrogens with one attached hydrogen (secondary N) is 1. The van der Waals surface area contributed by atoms with Crippen molar-refractivity contribution >= 4 is 46.2 Å². The van der Waals surface area contributed by atoms with Gasteiger partial charge in [0.25, 0.3) is 0 Å². The van der Waals surface area contributed by atoms with Crippen LogP contribution in [0, 0.1) is 18.3 Å². The SMILES string of the molecule is [C-]#[N+]c1cccc(-c2ccc(C(CSc3nc4cc(Cl)c(F)cc4[nH]3)C3CCN(C(=O)OC(C)(C)C)CC3)cc2)c1. The molecule has 4 aromatic rings. The maximum absolute atomic E-state index is 14.0. The highest BCUT2D eigenvalue weighted by Crippen LogP contribution is 2.38. The van der Waals surface area contributed by atoms with E-state index in [-0.39, 0.29) is 17.0 Å². The summed E-state index contributed by atoms with van der Waals surface area (Å²) >= 11 is 7.57. The molecule has 3 aromatic carbocycles. The normalized spacial score (nSPS) is 15.1. The fourth-order valence-electron chi connectivity index (χ4n) is 5.21. The van der Waals surface area contributed by atoms with Crippen LogP contribution < -0.4 is 0 Å². The Morgan fingerprint density at radius 3 is 2.59 bits per heavy atom. The summed E-state index contributed by atoms with van der Waals surface area (Å²) < 4.78 is 19.6. The Morgan fingerprint density at radius 1 is 1.17 bits per heavy atom. The number of aromatic nitrogens is 2. The number of carbonyl (C=O) groups excluding carboxylic acids is 1. The number of thioether (sulfide) groups is 1. The molecule has 1 N–H and O–H groups in total. The average Bonchev–Trinajstić information content (AvgIpc) is 3.34. The van der Waals surface area contributed by atoms with Gasteiger partial charge in [0, 0.05) is 24.9 Å². The number of hydrogen-bond acceptors (Lipinski definition) is 4. The molecule has 6 nitrogen and oxygen atoms in total. The first-order valence-electron chi connectivity index (χ1n) is 13.6. The second kappa shape index (κ2) is 12.1. The standard InChI is InChI=1S/C32H32ClFN4O2S/c1-32(2,3)40-31(39)38-14-12-22(13-15-38)25(19-41-30-36-28-17-26(33)27(34)18-29(28)37-30)21-10-8-20(9-11-21)23-6-5-7-24(16-23)35-4/h5-11,16-18,22,25H,12-15,19H2,1-3H3,(H,36,37). The van der Waals surface area contributed by atoms with Gasteiger partial charge in [-0.3, -0.25) is 0 Å². The number of nitrogens with zero attached hydrogens (tertiary/aromatic N) is 3. The Bertz CT molecular complexity index is 1550. The van der Waals surface area contributed by atoms with Gasteiger partial charge in [0.05, 0.1) is 22.6 Å². The second-order valence-corrected chi connectivity index (χ2v) is 12.7. The zero-order chi connectivity index (χ0) is 29.1. The number of H-pyrrole nitrogens is 1. The molecule has 5 rings (SSSR count). The molecular formula is C32H32ClFN4O2S. The first-order valence-corrected chi connectivity index (χ1v) is 15.0. The fourth-order valence-corrected chi connectivity index (χ4v) is 6.52. The molecule has 1 fully saturated rings. The highest BCUT2D eigenvalue weighted by molar-refractivity contribution is 7.99. The van der Waals surface area contributed by atoms with Gasteiger partial charge >= 0.3 is 6.09 Å². The smallest absolute Gasteiger partial charge is 0.410 e. The largest absolute Gasteiger partial charge is 0.444 e. The van der Waals surface area contributed by atoms with Crippen LogP contribution in [0.25, 0.3) is 27.0 Å². The molecule has 1 atom stereocenters. The van der Waals surface area contributed by atoms with Crippen molar-refractivity contribution < 1.29 is 13.9 Å². The number of imidazole rings is 1. The molecule has 9 heteroatoms. The second-order valence-electron chi connectivity index (χ2n) is 11.3. The van der Waals surface area contributed by atoms with Crippen molar-refractivity contribution in [1.82, 2.24) is 14.9 Å². The van der Waals surface area contributed by atoms with Crippen molar-refractivity contribution in [2.24, 2.45) is 5.92 Å². The summed E-state index contributed by atoms with van der Waals surface area (Å²) in [6, 6.07) is 19.1. The van der Waals surface area contributed by atoms with Crippen LogP contribution in [0.5, 0.6) is 0 Å². The zero-order valence-corrected chi connectivity index (χ0v) is 24.9. The summed E-state index contributed by atoms with van der Waals surface area (Å²) in [6.45, 7) is 14.3. The van der Waals surface area contributed by atoms with Crippen LogP contribution in [0.15, 0.2) is 65.8 Å². The van der Waals surface area contributed by atoms with Gasteiger partial charge in [-0.15, -0.1) is 0 Å². The molecule has 0 radical (unpaired) electrons. The van der Waals surface area contributed by atoms with E-state index in [2.05, 4.69) is 39.1 Å². The third-order valence-corrected chi connectivity index (χ3v) is 8.59. The van der Waals surface area contributed by atoms with Gasteiger partial charge in [0.15, 0.2) is 10.8 Å². The van der Waals surface area contributed by atoms with E-state index in [9.17, 15) is 9.18 Å². The van der Waals surface area contributed by atoms with Gasteiger partial charge in [-0.1, -0.05) is 65.8 Å². The molecule has 212 valence electrons. The number of ether oxygens (including phenoxy) is 1. The van der Waals surface area contributed by atoms with E-state index in [1.165, 1.54) is 11.6 Å². The molecule has 1 unspecified atom stereocenters. The van der Waals surface area contributed by atoms with E-state index >= 15 is 0 Å². The van der Waals surface area contributed by atoms with Gasteiger partial charge in [-0.25, -0.2) is 19.0 Å². The minimum Gasteiger partial charge on any atom is -0.444 e. The lowest BCUT2D eigenvalue weighted by Crippen LogP contribution is -2.42. The lowest BCUT2D eigenvalue weighted by atomic mass is 9.81. The van der Waals surface area contributed by atoms with Crippen molar-refractivity contribution in [3.8, 4) is 11.1 Å². The van der Waals surface area contributed by atoms with Crippen molar-refractivity contribution in [3.63, 3.8) is 0 Å². The molecule has 1 saturated heterocycles. The minimum atomic E-state index is -0.525. The maximum atomic E-state index is 14.0. The van der Waals surface area contributed by atoms with Crippen LogP contribution in [0.3, 0.4) is 0 Å². The maximum Gasteiger partial charge on any atom is 0.410 e. The number of benzene rings is 3. The van der Waals surface area contributed by atoms with Crippen molar-refractivity contribution in [2.75, 3.05) is 18.8 Å². The summed E-state index contributed by atoms with van der Waals surface area (Å²) in [6.07, 6.45) is 1.46. The summed E-state index contributed by atoms with van der Waals surface area (Å²) in [4.78, 5) is 25.9. The molecule has 1 aromatic heterocycles. The molecule has 0 aliphatic carbocycles. The molecule has 2 heterocycles. The number of hydrogen-bond donors (Lipinski definition) is 1. The van der Waals surface area contributed by atoms with E-state index in [0.29, 0.717) is 40.9 Å². The van der Waals surface area contributed by atoms with Gasteiger partial charge in [-0.05, 0) is 74.3 Å². The molecule has 1 aliphatic heterocycles. The Balaban J connectivity index is 1.36. The molecule has 1 aliphatic rings. The van der Waals surface area contributed by atoms with Gasteiger partial charge < -0.3 is 14.6 Å². The lowest BCUT2D eigenvalue weighted by molar-refractivity contribution is 0.0176. The number of likely N-dealkylation sites (tertiary alicyclic amines) is 1. The fraction of sp³-hybridized carbons (Fsp3) is 0.344. The Hall–Kier alpha value is -3.54. The van der Waals surface area contributed by atoms with Crippen LogP contribution >= 0.6 is 23.4 Å². The van der Waals surface area contributed by atoms with Crippen LogP contribution in [-0.2, 0) is 4.74 Å². The molecular weight excluding hydrogens is 559 g/mol. The van der Waals surface area contributed by atoms with Crippen molar-refractivity contribution in [3.05, 3.63) is 88.5 Å². The van der Waals surface area contributed by atoms with Crippen LogP contribution in [0.4, 0.5) is 14.9 Å². The van der Waals surface area contributed by atoms with Gasteiger partial charge in [0.1, 0.15) is 11.4 Å². The third kappa shape index (κ3) is 7.03. The monoisotopic (exact) mass is 590 g/mol. The number of rotatable bonds is 6.